The van der Waals surface area contributed by atoms with Crippen molar-refractivity contribution in [1.82, 2.24) is 4.98 Å². The highest BCUT2D eigenvalue weighted by atomic mass is 35.5. The minimum atomic E-state index is -0.214. The Labute approximate surface area is 158 Å². The molecule has 6 nitrogen and oxygen atoms in total. The molecule has 0 saturated carbocycles. The van der Waals surface area contributed by atoms with Gasteiger partial charge in [-0.05, 0) is 24.3 Å². The molecule has 0 atom stereocenters. The average molecular weight is 388 g/mol. The fourth-order valence-corrected chi connectivity index (χ4v) is 3.47. The molecule has 0 saturated heterocycles. The van der Waals surface area contributed by atoms with Gasteiger partial charge in [0.25, 0.3) is 5.91 Å². The monoisotopic (exact) mass is 387 g/mol. The Balaban J connectivity index is 1.49. The van der Waals surface area contributed by atoms with E-state index in [1.54, 1.807) is 30.5 Å². The third kappa shape index (κ3) is 3.58. The summed E-state index contributed by atoms with van der Waals surface area (Å²) in [5.41, 5.74) is 1.92. The second-order valence-corrected chi connectivity index (χ2v) is 7.20. The first-order valence-corrected chi connectivity index (χ1v) is 9.02. The number of amides is 1. The summed E-state index contributed by atoms with van der Waals surface area (Å²) in [4.78, 5) is 17.7. The fourth-order valence-electron chi connectivity index (χ4n) is 2.56. The molecule has 0 bridgehead atoms. The van der Waals surface area contributed by atoms with Crippen LogP contribution in [-0.2, 0) is 6.54 Å². The molecule has 0 spiro atoms. The van der Waals surface area contributed by atoms with E-state index in [1.807, 2.05) is 18.2 Å². The summed E-state index contributed by atoms with van der Waals surface area (Å²) in [7, 11) is 0. The van der Waals surface area contributed by atoms with Crippen molar-refractivity contribution in [2.75, 3.05) is 17.4 Å². The molecule has 0 aliphatic carbocycles. The maximum absolute atomic E-state index is 12.7. The number of anilines is 2. The van der Waals surface area contributed by atoms with Crippen molar-refractivity contribution in [2.45, 2.75) is 6.54 Å². The summed E-state index contributed by atoms with van der Waals surface area (Å²) in [5.74, 6) is 1.08. The van der Waals surface area contributed by atoms with Crippen LogP contribution in [0.5, 0.6) is 11.5 Å². The predicted molar refractivity (Wildman–Crippen MR) is 101 cm³/mol. The zero-order valence-electron chi connectivity index (χ0n) is 13.5. The summed E-state index contributed by atoms with van der Waals surface area (Å²) in [6.45, 7) is 0.736. The van der Waals surface area contributed by atoms with E-state index in [4.69, 9.17) is 21.1 Å². The molecule has 0 fully saturated rings. The van der Waals surface area contributed by atoms with Crippen LogP contribution in [0.15, 0.2) is 48.7 Å². The van der Waals surface area contributed by atoms with Gasteiger partial charge in [0, 0.05) is 28.5 Å². The number of nitrogens with zero attached hydrogens (tertiary/aromatic N) is 1. The van der Waals surface area contributed by atoms with E-state index in [0.29, 0.717) is 33.8 Å². The first kappa shape index (κ1) is 16.7. The Bertz CT molecular complexity index is 960. The number of hydrogen-bond acceptors (Lipinski definition) is 6. The number of ether oxygens (including phenoxy) is 2. The number of para-hydroxylation sites is 1. The molecule has 4 rings (SSSR count). The van der Waals surface area contributed by atoms with Crippen LogP contribution in [0.25, 0.3) is 0 Å². The number of carbonyl (C=O) groups is 1. The lowest BCUT2D eigenvalue weighted by atomic mass is 10.1. The van der Waals surface area contributed by atoms with Crippen molar-refractivity contribution < 1.29 is 14.3 Å². The van der Waals surface area contributed by atoms with Gasteiger partial charge in [0.2, 0.25) is 6.79 Å². The van der Waals surface area contributed by atoms with E-state index in [1.165, 1.54) is 11.3 Å². The topological polar surface area (TPSA) is 72.5 Å². The van der Waals surface area contributed by atoms with Gasteiger partial charge in [0.1, 0.15) is 0 Å². The molecule has 1 aromatic heterocycles. The lowest BCUT2D eigenvalue weighted by molar-refractivity contribution is 0.102. The van der Waals surface area contributed by atoms with Crippen molar-refractivity contribution >= 4 is 40.2 Å². The first-order chi connectivity index (χ1) is 12.7. The van der Waals surface area contributed by atoms with Gasteiger partial charge < -0.3 is 20.1 Å². The summed E-state index contributed by atoms with van der Waals surface area (Å²) < 4.78 is 11.1. The minimum absolute atomic E-state index is 0.196. The number of hydrogen-bond donors (Lipinski definition) is 2. The molecule has 2 heterocycles. The van der Waals surface area contributed by atoms with Crippen molar-refractivity contribution in [1.29, 1.82) is 0 Å². The molecule has 8 heteroatoms. The van der Waals surface area contributed by atoms with Crippen LogP contribution in [0.1, 0.15) is 15.2 Å². The molecule has 1 amide bonds. The Morgan fingerprint density at radius 1 is 1.19 bits per heavy atom. The van der Waals surface area contributed by atoms with Gasteiger partial charge >= 0.3 is 0 Å². The third-order valence-electron chi connectivity index (χ3n) is 3.78. The highest BCUT2D eigenvalue weighted by Crippen LogP contribution is 2.34. The zero-order chi connectivity index (χ0) is 17.9. The average Bonchev–Trinajstić information content (AvgIpc) is 3.28. The van der Waals surface area contributed by atoms with Crippen LogP contribution in [0, 0.1) is 0 Å². The van der Waals surface area contributed by atoms with Crippen LogP contribution in [0.2, 0.25) is 4.47 Å². The molecular weight excluding hydrogens is 374 g/mol. The van der Waals surface area contributed by atoms with Crippen LogP contribution in [0.4, 0.5) is 11.4 Å². The van der Waals surface area contributed by atoms with Crippen molar-refractivity contribution in [3.63, 3.8) is 0 Å². The molecular formula is C18H14ClN3O3S. The lowest BCUT2D eigenvalue weighted by Gasteiger charge is -2.12. The summed E-state index contributed by atoms with van der Waals surface area (Å²) >= 11 is 7.25. The van der Waals surface area contributed by atoms with E-state index < -0.39 is 0 Å². The molecule has 2 aromatic carbocycles. The predicted octanol–water partition coefficient (Wildman–Crippen LogP) is 4.39. The fraction of sp³-hybridized carbons (Fsp3) is 0.111. The highest BCUT2D eigenvalue weighted by molar-refractivity contribution is 7.15. The Morgan fingerprint density at radius 3 is 2.88 bits per heavy atom. The molecule has 2 N–H and O–H groups in total. The van der Waals surface area contributed by atoms with Gasteiger partial charge in [-0.15, -0.1) is 11.3 Å². The highest BCUT2D eigenvalue weighted by Gasteiger charge is 2.16. The summed E-state index contributed by atoms with van der Waals surface area (Å²) in [5, 5.41) is 6.14. The summed E-state index contributed by atoms with van der Waals surface area (Å²) in [6.07, 6.45) is 1.72. The standard InChI is InChI=1S/C18H14ClN3O3S/c19-18-21-9-12(26-18)8-20-14-4-2-1-3-13(14)17(23)22-11-5-6-15-16(7-11)25-10-24-15/h1-7,9,20H,8,10H2,(H,22,23). The number of rotatable bonds is 5. The maximum Gasteiger partial charge on any atom is 0.257 e. The van der Waals surface area contributed by atoms with Gasteiger partial charge in [0.15, 0.2) is 16.0 Å². The Kier molecular flexibility index (Phi) is 4.64. The van der Waals surface area contributed by atoms with Crippen LogP contribution in [-0.4, -0.2) is 17.7 Å². The number of thiazole rings is 1. The second-order valence-electron chi connectivity index (χ2n) is 5.50. The van der Waals surface area contributed by atoms with E-state index in [9.17, 15) is 4.79 Å². The SMILES string of the molecule is O=C(Nc1ccc2c(c1)OCO2)c1ccccc1NCc1cnc(Cl)s1. The molecule has 1 aliphatic heterocycles. The molecule has 132 valence electrons. The van der Waals surface area contributed by atoms with E-state index in [-0.39, 0.29) is 12.7 Å². The van der Waals surface area contributed by atoms with Crippen molar-refractivity contribution in [3.05, 3.63) is 63.6 Å². The van der Waals surface area contributed by atoms with Gasteiger partial charge in [-0.3, -0.25) is 4.79 Å². The van der Waals surface area contributed by atoms with Gasteiger partial charge in [-0.1, -0.05) is 23.7 Å². The van der Waals surface area contributed by atoms with Gasteiger partial charge in [-0.2, -0.15) is 0 Å². The van der Waals surface area contributed by atoms with Crippen LogP contribution < -0.4 is 20.1 Å². The number of halogens is 1. The van der Waals surface area contributed by atoms with Crippen LogP contribution >= 0.6 is 22.9 Å². The third-order valence-corrected chi connectivity index (χ3v) is 4.90. The molecule has 26 heavy (non-hydrogen) atoms. The minimum Gasteiger partial charge on any atom is -0.454 e. The Hall–Kier alpha value is -2.77. The smallest absolute Gasteiger partial charge is 0.257 e. The second kappa shape index (κ2) is 7.23. The lowest BCUT2D eigenvalue weighted by Crippen LogP contribution is -2.14. The van der Waals surface area contributed by atoms with Crippen molar-refractivity contribution in [3.8, 4) is 11.5 Å². The molecule has 1 aliphatic rings. The molecule has 3 aromatic rings. The van der Waals surface area contributed by atoms with E-state index in [0.717, 1.165) is 10.6 Å². The van der Waals surface area contributed by atoms with Crippen molar-refractivity contribution in [2.24, 2.45) is 0 Å². The van der Waals surface area contributed by atoms with E-state index in [2.05, 4.69) is 15.6 Å². The number of fused-ring (bicyclic) bond motifs is 1. The first-order valence-electron chi connectivity index (χ1n) is 7.83. The largest absolute Gasteiger partial charge is 0.454 e. The van der Waals surface area contributed by atoms with Gasteiger partial charge in [0.05, 0.1) is 12.1 Å². The molecule has 0 radical (unpaired) electrons. The number of aromatic nitrogens is 1. The quantitative estimate of drug-likeness (QED) is 0.679. The van der Waals surface area contributed by atoms with E-state index >= 15 is 0 Å². The maximum atomic E-state index is 12.7. The number of benzene rings is 2. The normalized spacial score (nSPS) is 12.0. The number of nitrogens with one attached hydrogen (secondary N) is 2. The number of carbonyl (C=O) groups excluding carboxylic acids is 1. The Morgan fingerprint density at radius 2 is 2.04 bits per heavy atom. The zero-order valence-corrected chi connectivity index (χ0v) is 15.1. The molecule has 0 unspecified atom stereocenters. The van der Waals surface area contributed by atoms with Crippen LogP contribution in [0.3, 0.4) is 0 Å². The summed E-state index contributed by atoms with van der Waals surface area (Å²) in [6, 6.07) is 12.6. The van der Waals surface area contributed by atoms with Gasteiger partial charge in [-0.25, -0.2) is 4.98 Å².